The van der Waals surface area contributed by atoms with Crippen molar-refractivity contribution >= 4 is 15.9 Å². The van der Waals surface area contributed by atoms with Crippen LogP contribution in [-0.2, 0) is 0 Å². The van der Waals surface area contributed by atoms with E-state index in [0.717, 1.165) is 41.0 Å². The van der Waals surface area contributed by atoms with E-state index in [1.807, 2.05) is 6.07 Å². The average molecular weight is 343 g/mol. The van der Waals surface area contributed by atoms with E-state index < -0.39 is 0 Å². The Kier molecular flexibility index (Phi) is 5.29. The normalized spacial score (nSPS) is 17.6. The molecule has 2 rings (SSSR count). The van der Waals surface area contributed by atoms with Gasteiger partial charge in [-0.2, -0.15) is 0 Å². The van der Waals surface area contributed by atoms with Gasteiger partial charge in [0, 0.05) is 23.1 Å². The minimum Gasteiger partial charge on any atom is -0.493 e. The summed E-state index contributed by atoms with van der Waals surface area (Å²) in [7, 11) is 3.77. The minimum atomic E-state index is 0.249. The summed E-state index contributed by atoms with van der Waals surface area (Å²) in [6.07, 6.45) is 1.18. The van der Waals surface area contributed by atoms with E-state index in [2.05, 4.69) is 40.9 Å². The van der Waals surface area contributed by atoms with Gasteiger partial charge < -0.3 is 15.2 Å². The van der Waals surface area contributed by atoms with E-state index in [9.17, 15) is 0 Å². The number of hydrogen-bond acceptors (Lipinski definition) is 4. The molecule has 1 aliphatic rings. The highest BCUT2D eigenvalue weighted by molar-refractivity contribution is 9.10. The van der Waals surface area contributed by atoms with Crippen LogP contribution in [0.25, 0.3) is 0 Å². The molecule has 0 aliphatic carbocycles. The Morgan fingerprint density at radius 3 is 2.70 bits per heavy atom. The van der Waals surface area contributed by atoms with Crippen molar-refractivity contribution in [2.24, 2.45) is 5.73 Å². The fourth-order valence-electron chi connectivity index (χ4n) is 2.52. The Morgan fingerprint density at radius 1 is 1.45 bits per heavy atom. The summed E-state index contributed by atoms with van der Waals surface area (Å²) < 4.78 is 12.7. The van der Waals surface area contributed by atoms with Crippen LogP contribution in [0.3, 0.4) is 0 Å². The smallest absolute Gasteiger partial charge is 0.165 e. The molecular weight excluding hydrogens is 320 g/mol. The number of likely N-dealkylation sites (tertiary alicyclic amines) is 1. The highest BCUT2D eigenvalue weighted by Gasteiger charge is 2.28. The molecule has 0 amide bonds. The Hall–Kier alpha value is -0.780. The number of likely N-dealkylation sites (N-methyl/N-ethyl adjacent to an activating group) is 1. The summed E-state index contributed by atoms with van der Waals surface area (Å²) in [5, 5.41) is 0. The van der Waals surface area contributed by atoms with Crippen molar-refractivity contribution in [2.75, 3.05) is 33.8 Å². The zero-order valence-corrected chi connectivity index (χ0v) is 13.9. The first kappa shape index (κ1) is 15.6. The summed E-state index contributed by atoms with van der Waals surface area (Å²) in [6.45, 7) is 4.77. The molecule has 1 atom stereocenters. The van der Waals surface area contributed by atoms with Crippen LogP contribution >= 0.6 is 15.9 Å². The van der Waals surface area contributed by atoms with Gasteiger partial charge in [0.1, 0.15) is 6.10 Å². The highest BCUT2D eigenvalue weighted by atomic mass is 79.9. The maximum absolute atomic E-state index is 6.17. The number of ether oxygens (including phenoxy) is 2. The second-order valence-electron chi connectivity index (χ2n) is 5.47. The van der Waals surface area contributed by atoms with Crippen LogP contribution in [0.1, 0.15) is 24.8 Å². The lowest BCUT2D eigenvalue weighted by molar-refractivity contribution is 0.0360. The van der Waals surface area contributed by atoms with Crippen LogP contribution in [0.4, 0.5) is 0 Å². The topological polar surface area (TPSA) is 47.7 Å². The highest BCUT2D eigenvalue weighted by Crippen LogP contribution is 2.40. The molecule has 5 heteroatoms. The lowest BCUT2D eigenvalue weighted by Gasteiger charge is -2.37. The number of hydrogen-bond donors (Lipinski definition) is 1. The predicted octanol–water partition coefficient (Wildman–Crippen LogP) is 2.60. The second kappa shape index (κ2) is 6.78. The Bertz CT molecular complexity index is 461. The molecule has 1 aliphatic heterocycles. The van der Waals surface area contributed by atoms with Crippen molar-refractivity contribution in [2.45, 2.75) is 25.4 Å². The molecule has 2 N–H and O–H groups in total. The first-order chi connectivity index (χ1) is 9.55. The summed E-state index contributed by atoms with van der Waals surface area (Å²) >= 11 is 3.54. The van der Waals surface area contributed by atoms with Crippen molar-refractivity contribution < 1.29 is 9.47 Å². The van der Waals surface area contributed by atoms with Crippen LogP contribution in [0.2, 0.25) is 0 Å². The van der Waals surface area contributed by atoms with Gasteiger partial charge in [0.15, 0.2) is 11.5 Å². The number of methoxy groups -OCH3 is 1. The van der Waals surface area contributed by atoms with Gasteiger partial charge in [0.2, 0.25) is 0 Å². The number of nitrogens with zero attached hydrogens (tertiary/aromatic N) is 1. The molecule has 1 aromatic carbocycles. The van der Waals surface area contributed by atoms with Gasteiger partial charge in [0.25, 0.3) is 0 Å². The molecule has 4 nitrogen and oxygen atoms in total. The number of rotatable bonds is 6. The molecule has 112 valence electrons. The van der Waals surface area contributed by atoms with Crippen molar-refractivity contribution in [1.82, 2.24) is 4.90 Å². The zero-order valence-electron chi connectivity index (χ0n) is 12.4. The monoisotopic (exact) mass is 342 g/mol. The van der Waals surface area contributed by atoms with E-state index in [0.29, 0.717) is 12.5 Å². The van der Waals surface area contributed by atoms with Crippen LogP contribution < -0.4 is 15.2 Å². The Balaban J connectivity index is 2.29. The molecule has 1 heterocycles. The number of nitrogens with two attached hydrogens (primary N) is 1. The van der Waals surface area contributed by atoms with E-state index in [4.69, 9.17) is 15.2 Å². The van der Waals surface area contributed by atoms with Gasteiger partial charge in [-0.25, -0.2) is 0 Å². The Morgan fingerprint density at radius 2 is 2.15 bits per heavy atom. The molecular formula is C15H23BrN2O2. The van der Waals surface area contributed by atoms with Crippen molar-refractivity contribution in [3.8, 4) is 11.5 Å². The molecule has 0 saturated carbocycles. The number of halogens is 1. The van der Waals surface area contributed by atoms with Crippen molar-refractivity contribution in [3.05, 3.63) is 22.2 Å². The molecule has 20 heavy (non-hydrogen) atoms. The number of benzene rings is 1. The van der Waals surface area contributed by atoms with Crippen molar-refractivity contribution in [3.63, 3.8) is 0 Å². The molecule has 0 bridgehead atoms. The van der Waals surface area contributed by atoms with E-state index >= 15 is 0 Å². The summed E-state index contributed by atoms with van der Waals surface area (Å²) in [4.78, 5) is 2.24. The van der Waals surface area contributed by atoms with Gasteiger partial charge >= 0.3 is 0 Å². The van der Waals surface area contributed by atoms with Gasteiger partial charge in [-0.1, -0.05) is 22.9 Å². The fourth-order valence-corrected chi connectivity index (χ4v) is 2.98. The van der Waals surface area contributed by atoms with Crippen LogP contribution in [0.15, 0.2) is 16.6 Å². The second-order valence-corrected chi connectivity index (χ2v) is 6.38. The molecule has 1 unspecified atom stereocenters. The predicted molar refractivity (Wildman–Crippen MR) is 84.7 cm³/mol. The summed E-state index contributed by atoms with van der Waals surface area (Å²) in [5.41, 5.74) is 6.85. The van der Waals surface area contributed by atoms with E-state index in [1.165, 1.54) is 0 Å². The lowest BCUT2D eigenvalue weighted by atomic mass is 9.96. The first-order valence-corrected chi connectivity index (χ1v) is 7.77. The molecule has 0 spiro atoms. The molecule has 1 saturated heterocycles. The average Bonchev–Trinajstić information content (AvgIpc) is 2.38. The molecule has 0 aromatic heterocycles. The van der Waals surface area contributed by atoms with Gasteiger partial charge in [-0.15, -0.1) is 0 Å². The molecule has 0 radical (unpaired) electrons. The lowest BCUT2D eigenvalue weighted by Crippen LogP contribution is -2.51. The first-order valence-electron chi connectivity index (χ1n) is 6.97. The quantitative estimate of drug-likeness (QED) is 0.863. The minimum absolute atomic E-state index is 0.249. The van der Waals surface area contributed by atoms with Gasteiger partial charge in [0.05, 0.1) is 7.11 Å². The third-order valence-corrected chi connectivity index (χ3v) is 4.17. The summed E-state index contributed by atoms with van der Waals surface area (Å²) in [5.74, 6) is 2.00. The zero-order chi connectivity index (χ0) is 14.7. The van der Waals surface area contributed by atoms with Gasteiger partial charge in [-0.3, -0.25) is 4.90 Å². The maximum Gasteiger partial charge on any atom is 0.165 e. The molecule has 1 fully saturated rings. The molecule has 1 aromatic rings. The van der Waals surface area contributed by atoms with Gasteiger partial charge in [-0.05, 0) is 38.1 Å². The van der Waals surface area contributed by atoms with Crippen LogP contribution in [0, 0.1) is 0 Å². The standard InChI is InChI=1S/C15H23BrN2O2/c1-10(4-5-17)13-6-11(16)7-14(19-3)15(13)20-12-8-18(2)9-12/h6-7,10,12H,4-5,8-9,17H2,1-3H3. The Labute approximate surface area is 129 Å². The fraction of sp³-hybridized carbons (Fsp3) is 0.600. The van der Waals surface area contributed by atoms with E-state index in [-0.39, 0.29) is 6.10 Å². The van der Waals surface area contributed by atoms with Crippen LogP contribution in [-0.4, -0.2) is 44.8 Å². The van der Waals surface area contributed by atoms with Crippen molar-refractivity contribution in [1.29, 1.82) is 0 Å². The summed E-state index contributed by atoms with van der Waals surface area (Å²) in [6, 6.07) is 4.07. The van der Waals surface area contributed by atoms with E-state index in [1.54, 1.807) is 7.11 Å². The SMILES string of the molecule is COc1cc(Br)cc(C(C)CCN)c1OC1CN(C)C1. The largest absolute Gasteiger partial charge is 0.493 e. The third-order valence-electron chi connectivity index (χ3n) is 3.71. The maximum atomic E-state index is 6.17. The van der Waals surface area contributed by atoms with Crippen LogP contribution in [0.5, 0.6) is 11.5 Å². The third kappa shape index (κ3) is 3.45.